The van der Waals surface area contributed by atoms with Gasteiger partial charge < -0.3 is 20.4 Å². The van der Waals surface area contributed by atoms with Crippen molar-refractivity contribution >= 4 is 10.9 Å². The van der Waals surface area contributed by atoms with E-state index in [1.807, 2.05) is 12.1 Å². The topological polar surface area (TPSA) is 54.3 Å². The maximum absolute atomic E-state index is 5.77. The fraction of sp³-hybridized carbons (Fsp3) is 0.333. The molecule has 0 bridgehead atoms. The number of nitrogens with zero attached hydrogens (tertiary/aromatic N) is 1. The normalized spacial score (nSPS) is 11.7. The molecule has 1 heterocycles. The van der Waals surface area contributed by atoms with Crippen LogP contribution in [0.25, 0.3) is 10.9 Å². The van der Waals surface area contributed by atoms with Crippen LogP contribution in [0.15, 0.2) is 36.7 Å². The maximum atomic E-state index is 5.77. The molecule has 19 heavy (non-hydrogen) atoms. The first-order chi connectivity index (χ1) is 9.22. The van der Waals surface area contributed by atoms with Gasteiger partial charge in [0.1, 0.15) is 12.4 Å². The molecule has 0 unspecified atom stereocenters. The predicted molar refractivity (Wildman–Crippen MR) is 79.4 cm³/mol. The Morgan fingerprint density at radius 2 is 2.21 bits per heavy atom. The summed E-state index contributed by atoms with van der Waals surface area (Å²) in [5, 5.41) is 1.18. The summed E-state index contributed by atoms with van der Waals surface area (Å²) in [5.74, 6) is 0.908. The molecule has 1 aromatic heterocycles. The Labute approximate surface area is 113 Å². The van der Waals surface area contributed by atoms with Crippen molar-refractivity contribution < 1.29 is 4.74 Å². The highest BCUT2D eigenvalue weighted by molar-refractivity contribution is 5.89. The van der Waals surface area contributed by atoms with Crippen LogP contribution in [0.4, 0.5) is 0 Å². The minimum absolute atomic E-state index is 0.494. The third-order valence-corrected chi connectivity index (χ3v) is 3.05. The molecule has 0 radical (unpaired) electrons. The number of nitrogens with one attached hydrogen (secondary N) is 1. The lowest BCUT2D eigenvalue weighted by atomic mass is 10.1. The van der Waals surface area contributed by atoms with E-state index in [-0.39, 0.29) is 0 Å². The summed E-state index contributed by atoms with van der Waals surface area (Å²) in [7, 11) is 4.16. The molecule has 0 fully saturated rings. The predicted octanol–water partition coefficient (Wildman–Crippen LogP) is 2.12. The van der Waals surface area contributed by atoms with Gasteiger partial charge in [-0.2, -0.15) is 0 Å². The van der Waals surface area contributed by atoms with Crippen LogP contribution in [0.3, 0.4) is 0 Å². The summed E-state index contributed by atoms with van der Waals surface area (Å²) in [5.41, 5.74) is 7.73. The Morgan fingerprint density at radius 1 is 1.37 bits per heavy atom. The molecule has 3 N–H and O–H groups in total. The number of fused-ring (bicyclic) bond motifs is 1. The SMILES string of the molecule is CN(C)CCc1c[nH]c2cccc(OC/C=C/N)c12. The van der Waals surface area contributed by atoms with E-state index in [0.29, 0.717) is 6.61 Å². The second kappa shape index (κ2) is 6.29. The lowest BCUT2D eigenvalue weighted by Crippen LogP contribution is -2.14. The van der Waals surface area contributed by atoms with Crippen LogP contribution >= 0.6 is 0 Å². The first-order valence-corrected chi connectivity index (χ1v) is 6.45. The van der Waals surface area contributed by atoms with Crippen molar-refractivity contribution in [1.29, 1.82) is 0 Å². The molecule has 0 amide bonds. The quantitative estimate of drug-likeness (QED) is 0.835. The van der Waals surface area contributed by atoms with E-state index in [9.17, 15) is 0 Å². The van der Waals surface area contributed by atoms with Crippen molar-refractivity contribution in [1.82, 2.24) is 9.88 Å². The number of benzene rings is 1. The Balaban J connectivity index is 2.26. The Bertz CT molecular complexity index is 558. The highest BCUT2D eigenvalue weighted by Gasteiger charge is 2.09. The van der Waals surface area contributed by atoms with E-state index >= 15 is 0 Å². The van der Waals surface area contributed by atoms with E-state index in [1.165, 1.54) is 17.1 Å². The molecule has 0 saturated carbocycles. The number of likely N-dealkylation sites (N-methyl/N-ethyl adjacent to an activating group) is 1. The number of hydrogen-bond acceptors (Lipinski definition) is 3. The van der Waals surface area contributed by atoms with Crippen molar-refractivity contribution in [3.05, 3.63) is 42.2 Å². The van der Waals surface area contributed by atoms with Crippen LogP contribution in [0.5, 0.6) is 5.75 Å². The molecular weight excluding hydrogens is 238 g/mol. The molecule has 0 aliphatic heterocycles. The average Bonchev–Trinajstić information content (AvgIpc) is 2.81. The Hall–Kier alpha value is -1.94. The number of rotatable bonds is 6. The lowest BCUT2D eigenvalue weighted by molar-refractivity contribution is 0.366. The summed E-state index contributed by atoms with van der Waals surface area (Å²) in [6.45, 7) is 1.51. The van der Waals surface area contributed by atoms with Gasteiger partial charge in [-0.1, -0.05) is 6.07 Å². The Morgan fingerprint density at radius 3 is 2.95 bits per heavy atom. The van der Waals surface area contributed by atoms with Gasteiger partial charge in [0, 0.05) is 23.6 Å². The zero-order chi connectivity index (χ0) is 13.7. The third kappa shape index (κ3) is 3.29. The average molecular weight is 259 g/mol. The van der Waals surface area contributed by atoms with Gasteiger partial charge in [0.15, 0.2) is 0 Å². The Kier molecular flexibility index (Phi) is 4.47. The zero-order valence-corrected chi connectivity index (χ0v) is 11.5. The van der Waals surface area contributed by atoms with Crippen LogP contribution in [0.1, 0.15) is 5.56 Å². The molecule has 0 aliphatic rings. The molecule has 0 atom stereocenters. The molecule has 2 rings (SSSR count). The molecule has 102 valence electrons. The molecule has 4 nitrogen and oxygen atoms in total. The van der Waals surface area contributed by atoms with E-state index in [1.54, 1.807) is 6.08 Å². The van der Waals surface area contributed by atoms with Crippen LogP contribution in [-0.2, 0) is 6.42 Å². The van der Waals surface area contributed by atoms with Crippen LogP contribution in [-0.4, -0.2) is 37.1 Å². The third-order valence-electron chi connectivity index (χ3n) is 3.05. The molecule has 4 heteroatoms. The van der Waals surface area contributed by atoms with E-state index in [0.717, 1.165) is 24.2 Å². The molecule has 2 aromatic rings. The van der Waals surface area contributed by atoms with Gasteiger partial charge in [-0.15, -0.1) is 0 Å². The van der Waals surface area contributed by atoms with Gasteiger partial charge in [0.05, 0.1) is 0 Å². The maximum Gasteiger partial charge on any atom is 0.129 e. The van der Waals surface area contributed by atoms with Gasteiger partial charge >= 0.3 is 0 Å². The van der Waals surface area contributed by atoms with Gasteiger partial charge in [0.2, 0.25) is 0 Å². The van der Waals surface area contributed by atoms with Crippen LogP contribution in [0, 0.1) is 0 Å². The number of aromatic nitrogens is 1. The number of nitrogens with two attached hydrogens (primary N) is 1. The fourth-order valence-corrected chi connectivity index (χ4v) is 2.07. The standard InChI is InChI=1S/C15H21N3O/c1-18(2)9-7-12-11-17-13-5-3-6-14(15(12)13)19-10-4-8-16/h3-6,8,11,17H,7,9-10,16H2,1-2H3/b8-4+. The minimum Gasteiger partial charge on any atom is -0.489 e. The molecule has 0 saturated heterocycles. The van der Waals surface area contributed by atoms with E-state index in [4.69, 9.17) is 10.5 Å². The van der Waals surface area contributed by atoms with Gasteiger partial charge in [-0.25, -0.2) is 0 Å². The summed E-state index contributed by atoms with van der Waals surface area (Å²) >= 11 is 0. The highest BCUT2D eigenvalue weighted by Crippen LogP contribution is 2.29. The lowest BCUT2D eigenvalue weighted by Gasteiger charge is -2.10. The smallest absolute Gasteiger partial charge is 0.129 e. The summed E-state index contributed by atoms with van der Waals surface area (Å²) < 4.78 is 5.77. The molecule has 0 spiro atoms. The van der Waals surface area contributed by atoms with Crippen molar-refractivity contribution in [2.24, 2.45) is 5.73 Å². The number of ether oxygens (including phenoxy) is 1. The number of aromatic amines is 1. The van der Waals surface area contributed by atoms with Crippen molar-refractivity contribution in [3.8, 4) is 5.75 Å². The fourth-order valence-electron chi connectivity index (χ4n) is 2.07. The first-order valence-electron chi connectivity index (χ1n) is 6.45. The summed E-state index contributed by atoms with van der Waals surface area (Å²) in [6.07, 6.45) is 6.37. The van der Waals surface area contributed by atoms with Crippen molar-refractivity contribution in [2.75, 3.05) is 27.2 Å². The zero-order valence-electron chi connectivity index (χ0n) is 11.5. The second-order valence-electron chi connectivity index (χ2n) is 4.79. The highest BCUT2D eigenvalue weighted by atomic mass is 16.5. The first kappa shape index (κ1) is 13.5. The van der Waals surface area contributed by atoms with E-state index < -0.39 is 0 Å². The van der Waals surface area contributed by atoms with Crippen LogP contribution < -0.4 is 10.5 Å². The van der Waals surface area contributed by atoms with Crippen LogP contribution in [0.2, 0.25) is 0 Å². The monoisotopic (exact) mass is 259 g/mol. The van der Waals surface area contributed by atoms with Gasteiger partial charge in [-0.3, -0.25) is 0 Å². The summed E-state index contributed by atoms with van der Waals surface area (Å²) in [4.78, 5) is 5.48. The molecule has 0 aliphatic carbocycles. The van der Waals surface area contributed by atoms with Crippen molar-refractivity contribution in [2.45, 2.75) is 6.42 Å². The second-order valence-corrected chi connectivity index (χ2v) is 4.79. The minimum atomic E-state index is 0.494. The number of H-pyrrole nitrogens is 1. The van der Waals surface area contributed by atoms with E-state index in [2.05, 4.69) is 36.2 Å². The molecule has 1 aromatic carbocycles. The van der Waals surface area contributed by atoms with Gasteiger partial charge in [0.25, 0.3) is 0 Å². The van der Waals surface area contributed by atoms with Crippen molar-refractivity contribution in [3.63, 3.8) is 0 Å². The summed E-state index contributed by atoms with van der Waals surface area (Å²) in [6, 6.07) is 6.07. The van der Waals surface area contributed by atoms with Gasteiger partial charge in [-0.05, 0) is 50.5 Å². The number of hydrogen-bond donors (Lipinski definition) is 2. The largest absolute Gasteiger partial charge is 0.489 e. The molecular formula is C15H21N3O.